The molecule has 43 heavy (non-hydrogen) atoms. The van der Waals surface area contributed by atoms with Gasteiger partial charge >= 0.3 is 0 Å². The molecule has 0 radical (unpaired) electrons. The molecule has 1 aromatic rings. The number of hydrogen-bond donors (Lipinski definition) is 0. The number of hydrazine groups is 1. The summed E-state index contributed by atoms with van der Waals surface area (Å²) in [5.74, 6) is 0.922. The van der Waals surface area contributed by atoms with Crippen molar-refractivity contribution in [2.24, 2.45) is 11.8 Å². The van der Waals surface area contributed by atoms with E-state index in [1.807, 2.05) is 31.1 Å². The molecule has 0 aromatic carbocycles. The number of hydrogen-bond acceptors (Lipinski definition) is 7. The number of aromatic nitrogens is 1. The molecular formula is C35H59N5O2S. The number of nitrogens with zero attached hydrogens (tertiary/aromatic N) is 5. The number of nitriles is 1. The van der Waals surface area contributed by atoms with Crippen molar-refractivity contribution >= 4 is 34.7 Å². The fourth-order valence-electron chi connectivity index (χ4n) is 5.13. The highest BCUT2D eigenvalue weighted by Crippen LogP contribution is 2.38. The van der Waals surface area contributed by atoms with E-state index in [4.69, 9.17) is 4.98 Å². The van der Waals surface area contributed by atoms with Crippen LogP contribution in [0.5, 0.6) is 0 Å². The maximum absolute atomic E-state index is 13.8. The maximum Gasteiger partial charge on any atom is 0.268 e. The van der Waals surface area contributed by atoms with Crippen molar-refractivity contribution < 1.29 is 9.59 Å². The van der Waals surface area contributed by atoms with Crippen LogP contribution in [-0.4, -0.2) is 60.9 Å². The molecule has 242 valence electrons. The highest BCUT2D eigenvalue weighted by molar-refractivity contribution is 7.16. The Labute approximate surface area is 267 Å². The molecule has 7 nitrogen and oxygen atoms in total. The van der Waals surface area contributed by atoms with Crippen LogP contribution in [0.25, 0.3) is 6.08 Å². The largest absolute Gasteiger partial charge is 0.348 e. The van der Waals surface area contributed by atoms with Crippen molar-refractivity contribution in [3.05, 3.63) is 27.3 Å². The second-order valence-corrected chi connectivity index (χ2v) is 13.8. The van der Waals surface area contributed by atoms with Crippen LogP contribution in [0.1, 0.15) is 124 Å². The molecular weight excluding hydrogens is 554 g/mol. The summed E-state index contributed by atoms with van der Waals surface area (Å²) in [6, 6.07) is 1.98. The molecule has 0 aliphatic heterocycles. The van der Waals surface area contributed by atoms with Gasteiger partial charge in [0.15, 0.2) is 11.4 Å². The first-order valence-corrected chi connectivity index (χ1v) is 17.2. The zero-order valence-corrected chi connectivity index (χ0v) is 29.9. The Balaban J connectivity index is 3.90. The molecule has 0 N–H and O–H groups in total. The lowest BCUT2D eigenvalue weighted by atomic mass is 9.90. The summed E-state index contributed by atoms with van der Waals surface area (Å²) in [7, 11) is 3.56. The van der Waals surface area contributed by atoms with Crippen LogP contribution in [0, 0.1) is 23.2 Å². The van der Waals surface area contributed by atoms with Crippen LogP contribution >= 0.6 is 11.3 Å². The number of carbonyl (C=O) groups excluding carboxylic acids is 2. The summed E-state index contributed by atoms with van der Waals surface area (Å²) in [6.45, 7) is 21.8. The van der Waals surface area contributed by atoms with Gasteiger partial charge in [-0.25, -0.2) is 9.99 Å². The summed E-state index contributed by atoms with van der Waals surface area (Å²) in [6.07, 6.45) is 11.9. The molecule has 1 aromatic heterocycles. The first-order chi connectivity index (χ1) is 20.3. The predicted molar refractivity (Wildman–Crippen MR) is 183 cm³/mol. The predicted octanol–water partition coefficient (Wildman–Crippen LogP) is 8.43. The van der Waals surface area contributed by atoms with E-state index in [0.29, 0.717) is 35.8 Å². The monoisotopic (exact) mass is 613 g/mol. The third kappa shape index (κ3) is 11.5. The molecule has 0 saturated carbocycles. The minimum Gasteiger partial charge on any atom is -0.348 e. The SMILES string of the molecule is CCCCC(CC)CN(CC(CC)CCCC)c1nc(C(C)(C)C)c(/C=C(C(=O)N(C)N(C)CC)/C(C)=C(/C#N)C=O)s1. The van der Waals surface area contributed by atoms with E-state index in [1.54, 1.807) is 30.3 Å². The summed E-state index contributed by atoms with van der Waals surface area (Å²) in [5.41, 5.74) is 1.32. The van der Waals surface area contributed by atoms with E-state index in [1.165, 1.54) is 38.5 Å². The van der Waals surface area contributed by atoms with Gasteiger partial charge in [-0.15, -0.1) is 0 Å². The van der Waals surface area contributed by atoms with Crippen LogP contribution in [0.2, 0.25) is 0 Å². The lowest BCUT2D eigenvalue weighted by Crippen LogP contribution is -2.42. The van der Waals surface area contributed by atoms with Gasteiger partial charge in [-0.1, -0.05) is 105 Å². The molecule has 8 heteroatoms. The minimum absolute atomic E-state index is 0.0424. The smallest absolute Gasteiger partial charge is 0.268 e. The standard InChI is InChI=1S/C35H59N5O2S/c1-12-17-19-27(14-3)23-40(24-28(15-4)20-18-13-2)34-37-32(35(7,8)9)31(43-34)21-30(26(6)29(22-36)25-41)33(42)39(11)38(10)16-5/h21,25,27-28H,12-20,23-24H2,1-11H3/b29-26-,30-21-. The molecule has 0 spiro atoms. The lowest BCUT2D eigenvalue weighted by Gasteiger charge is -2.30. The first kappa shape index (κ1) is 38.5. The molecule has 0 aliphatic rings. The van der Waals surface area contributed by atoms with Gasteiger partial charge in [-0.2, -0.15) is 5.26 Å². The summed E-state index contributed by atoms with van der Waals surface area (Å²) in [4.78, 5) is 34.3. The zero-order valence-electron chi connectivity index (χ0n) is 29.0. The summed E-state index contributed by atoms with van der Waals surface area (Å²) >= 11 is 1.62. The number of carbonyl (C=O) groups is 2. The third-order valence-corrected chi connectivity index (χ3v) is 9.55. The zero-order chi connectivity index (χ0) is 32.7. The van der Waals surface area contributed by atoms with Gasteiger partial charge < -0.3 is 4.90 Å². The molecule has 1 rings (SSSR count). The molecule has 2 unspecified atom stereocenters. The average molecular weight is 614 g/mol. The molecule has 1 amide bonds. The number of unbranched alkanes of at least 4 members (excludes halogenated alkanes) is 2. The molecule has 0 aliphatic carbocycles. The Bertz CT molecular complexity index is 1110. The van der Waals surface area contributed by atoms with Crippen molar-refractivity contribution in [3.63, 3.8) is 0 Å². The maximum atomic E-state index is 13.8. The summed E-state index contributed by atoms with van der Waals surface area (Å²) in [5, 5.41) is 14.0. The van der Waals surface area contributed by atoms with Crippen LogP contribution < -0.4 is 4.90 Å². The lowest BCUT2D eigenvalue weighted by molar-refractivity contribution is -0.138. The van der Waals surface area contributed by atoms with E-state index >= 15 is 0 Å². The highest BCUT2D eigenvalue weighted by Gasteiger charge is 2.29. The molecule has 0 saturated heterocycles. The van der Waals surface area contributed by atoms with Gasteiger partial charge in [0.25, 0.3) is 5.91 Å². The van der Waals surface area contributed by atoms with E-state index in [0.717, 1.165) is 41.6 Å². The van der Waals surface area contributed by atoms with Crippen molar-refractivity contribution in [2.45, 2.75) is 119 Å². The summed E-state index contributed by atoms with van der Waals surface area (Å²) < 4.78 is 0. The third-order valence-electron chi connectivity index (χ3n) is 8.48. The Morgan fingerprint density at radius 3 is 1.93 bits per heavy atom. The van der Waals surface area contributed by atoms with Crippen LogP contribution in [0.4, 0.5) is 5.13 Å². The molecule has 0 bridgehead atoms. The fourth-order valence-corrected chi connectivity index (χ4v) is 6.36. The Morgan fingerprint density at radius 1 is 1.00 bits per heavy atom. The van der Waals surface area contributed by atoms with E-state index in [9.17, 15) is 14.9 Å². The Kier molecular flexibility index (Phi) is 17.0. The first-order valence-electron chi connectivity index (χ1n) is 16.4. The molecule has 2 atom stereocenters. The molecule has 0 fully saturated rings. The van der Waals surface area contributed by atoms with Gasteiger partial charge in [0, 0.05) is 44.7 Å². The topological polar surface area (TPSA) is 80.5 Å². The minimum atomic E-state index is -0.272. The van der Waals surface area contributed by atoms with E-state index in [-0.39, 0.29) is 16.9 Å². The number of rotatable bonds is 19. The van der Waals surface area contributed by atoms with Gasteiger partial charge in [-0.05, 0) is 43.3 Å². The van der Waals surface area contributed by atoms with Crippen LogP contribution in [-0.2, 0) is 15.0 Å². The number of anilines is 1. The van der Waals surface area contributed by atoms with Crippen molar-refractivity contribution in [3.8, 4) is 6.07 Å². The molecule has 1 heterocycles. The number of aldehydes is 1. The van der Waals surface area contributed by atoms with Crippen LogP contribution in [0.3, 0.4) is 0 Å². The Hall–Kier alpha value is -2.50. The number of likely N-dealkylation sites (N-methyl/N-ethyl adjacent to an activating group) is 1. The number of thiazole rings is 1. The van der Waals surface area contributed by atoms with Gasteiger partial charge in [0.2, 0.25) is 0 Å². The van der Waals surface area contributed by atoms with E-state index < -0.39 is 0 Å². The second-order valence-electron chi connectivity index (χ2n) is 12.8. The Morgan fingerprint density at radius 2 is 1.53 bits per heavy atom. The van der Waals surface area contributed by atoms with Crippen LogP contribution in [0.15, 0.2) is 16.7 Å². The second kappa shape index (κ2) is 19.0. The van der Waals surface area contributed by atoms with Crippen molar-refractivity contribution in [2.75, 3.05) is 38.6 Å². The quantitative estimate of drug-likeness (QED) is 0.0512. The normalized spacial score (nSPS) is 14.3. The van der Waals surface area contributed by atoms with Crippen molar-refractivity contribution in [1.82, 2.24) is 15.0 Å². The van der Waals surface area contributed by atoms with Gasteiger partial charge in [-0.3, -0.25) is 14.6 Å². The fraction of sp³-hybridized carbons (Fsp3) is 0.714. The van der Waals surface area contributed by atoms with E-state index in [2.05, 4.69) is 53.4 Å². The average Bonchev–Trinajstić information content (AvgIpc) is 3.43. The van der Waals surface area contributed by atoms with Gasteiger partial charge in [0.05, 0.1) is 16.1 Å². The number of allylic oxidation sites excluding steroid dienone is 1. The van der Waals surface area contributed by atoms with Crippen molar-refractivity contribution in [1.29, 1.82) is 5.26 Å². The highest BCUT2D eigenvalue weighted by atomic mass is 32.1. The van der Waals surface area contributed by atoms with Gasteiger partial charge in [0.1, 0.15) is 6.07 Å². The number of amides is 1.